The third-order valence-corrected chi connectivity index (χ3v) is 2.24. The van der Waals surface area contributed by atoms with Crippen molar-refractivity contribution in [2.75, 3.05) is 4.44 Å². The molecule has 60 valence electrons. The van der Waals surface area contributed by atoms with E-state index in [1.54, 1.807) is 0 Å². The molecule has 0 spiro atoms. The number of aryl methyl sites for hydroxylation is 1. The summed E-state index contributed by atoms with van der Waals surface area (Å²) in [5.74, 6) is 0. The lowest BCUT2D eigenvalue weighted by Gasteiger charge is -2.11. The Morgan fingerprint density at radius 2 is 1.73 bits per heavy atom. The fourth-order valence-corrected chi connectivity index (χ4v) is 1.25. The van der Waals surface area contributed by atoms with Crippen molar-refractivity contribution in [2.45, 2.75) is 13.3 Å². The molecule has 0 aromatic heterocycles. The SMILES string of the molecule is CCc1ccc(N(P)P)cc1. The third kappa shape index (κ3) is 2.43. The molecule has 0 bridgehead atoms. The van der Waals surface area contributed by atoms with Gasteiger partial charge in [0.25, 0.3) is 0 Å². The second-order valence-electron chi connectivity index (χ2n) is 2.43. The molecule has 0 saturated carbocycles. The zero-order valence-electron chi connectivity index (χ0n) is 6.62. The van der Waals surface area contributed by atoms with Crippen LogP contribution < -0.4 is 4.44 Å². The highest BCUT2D eigenvalue weighted by Crippen LogP contribution is 2.22. The summed E-state index contributed by atoms with van der Waals surface area (Å²) in [5, 5.41) is 0. The lowest BCUT2D eigenvalue weighted by atomic mass is 10.2. The third-order valence-electron chi connectivity index (χ3n) is 1.64. The molecule has 0 aliphatic carbocycles. The van der Waals surface area contributed by atoms with E-state index in [2.05, 4.69) is 50.0 Å². The quantitative estimate of drug-likeness (QED) is 0.640. The first-order valence-corrected chi connectivity index (χ1v) is 4.65. The fourth-order valence-electron chi connectivity index (χ4n) is 0.904. The Morgan fingerprint density at radius 3 is 2.09 bits per heavy atom. The summed E-state index contributed by atoms with van der Waals surface area (Å²) in [6.45, 7) is 2.16. The van der Waals surface area contributed by atoms with Gasteiger partial charge in [0.2, 0.25) is 0 Å². The number of hydrogen-bond acceptors (Lipinski definition) is 1. The highest BCUT2D eigenvalue weighted by Gasteiger charge is 1.93. The van der Waals surface area contributed by atoms with Crippen LogP contribution in [0.25, 0.3) is 0 Å². The van der Waals surface area contributed by atoms with Crippen LogP contribution in [0.4, 0.5) is 5.69 Å². The Kier molecular flexibility index (Phi) is 3.30. The Balaban J connectivity index is 2.83. The average Bonchev–Trinajstić information content (AvgIpc) is 2.05. The van der Waals surface area contributed by atoms with Gasteiger partial charge in [0.05, 0.1) is 0 Å². The summed E-state index contributed by atoms with van der Waals surface area (Å²) in [4.78, 5) is 0. The van der Waals surface area contributed by atoms with Crippen molar-refractivity contribution in [3.8, 4) is 0 Å². The molecule has 11 heavy (non-hydrogen) atoms. The number of hydrogen-bond donors (Lipinski definition) is 0. The smallest absolute Gasteiger partial charge is 0.0423 e. The first-order valence-electron chi connectivity index (χ1n) is 3.62. The fraction of sp³-hybridized carbons (Fsp3) is 0.250. The van der Waals surface area contributed by atoms with Gasteiger partial charge in [0.1, 0.15) is 0 Å². The number of rotatable bonds is 2. The van der Waals surface area contributed by atoms with Crippen molar-refractivity contribution in [3.63, 3.8) is 0 Å². The summed E-state index contributed by atoms with van der Waals surface area (Å²) in [7, 11) is 5.20. The summed E-state index contributed by atoms with van der Waals surface area (Å²) < 4.78 is 1.94. The van der Waals surface area contributed by atoms with Crippen molar-refractivity contribution < 1.29 is 0 Å². The van der Waals surface area contributed by atoms with E-state index in [1.807, 2.05) is 4.44 Å². The first kappa shape index (κ1) is 8.97. The Morgan fingerprint density at radius 1 is 1.18 bits per heavy atom. The summed E-state index contributed by atoms with van der Waals surface area (Å²) in [6.07, 6.45) is 1.11. The van der Waals surface area contributed by atoms with Crippen LogP contribution in [-0.4, -0.2) is 0 Å². The van der Waals surface area contributed by atoms with E-state index in [0.717, 1.165) is 6.42 Å². The van der Waals surface area contributed by atoms with E-state index >= 15 is 0 Å². The molecule has 0 aliphatic heterocycles. The maximum Gasteiger partial charge on any atom is 0.0423 e. The van der Waals surface area contributed by atoms with Gasteiger partial charge < -0.3 is 4.44 Å². The van der Waals surface area contributed by atoms with Gasteiger partial charge in [0, 0.05) is 5.69 Å². The van der Waals surface area contributed by atoms with Gasteiger partial charge in [-0.25, -0.2) is 0 Å². The highest BCUT2D eigenvalue weighted by molar-refractivity contribution is 7.39. The first-order chi connectivity index (χ1) is 5.24. The largest absolute Gasteiger partial charge is 0.341 e. The van der Waals surface area contributed by atoms with E-state index in [4.69, 9.17) is 0 Å². The maximum atomic E-state index is 2.60. The molecule has 1 aromatic rings. The van der Waals surface area contributed by atoms with E-state index in [-0.39, 0.29) is 0 Å². The van der Waals surface area contributed by atoms with Crippen LogP contribution >= 0.6 is 18.8 Å². The van der Waals surface area contributed by atoms with Gasteiger partial charge in [-0.2, -0.15) is 0 Å². The number of benzene rings is 1. The molecule has 1 rings (SSSR count). The lowest BCUT2D eigenvalue weighted by molar-refractivity contribution is 1.14. The van der Waals surface area contributed by atoms with Gasteiger partial charge in [-0.15, -0.1) is 0 Å². The minimum absolute atomic E-state index is 1.11. The molecular weight excluding hydrogens is 172 g/mol. The molecule has 1 aromatic carbocycles. The summed E-state index contributed by atoms with van der Waals surface area (Å²) in [6, 6.07) is 8.52. The zero-order chi connectivity index (χ0) is 8.27. The molecule has 2 atom stereocenters. The van der Waals surface area contributed by atoms with E-state index in [0.29, 0.717) is 0 Å². The van der Waals surface area contributed by atoms with Crippen LogP contribution in [0.1, 0.15) is 12.5 Å². The van der Waals surface area contributed by atoms with E-state index in [1.165, 1.54) is 11.3 Å². The summed E-state index contributed by atoms with van der Waals surface area (Å²) >= 11 is 0. The molecule has 0 N–H and O–H groups in total. The monoisotopic (exact) mass is 185 g/mol. The molecule has 1 nitrogen and oxygen atoms in total. The van der Waals surface area contributed by atoms with Crippen LogP contribution in [-0.2, 0) is 6.42 Å². The van der Waals surface area contributed by atoms with Crippen molar-refractivity contribution in [1.29, 1.82) is 0 Å². The van der Waals surface area contributed by atoms with Crippen LogP contribution in [0.3, 0.4) is 0 Å². The molecule has 2 unspecified atom stereocenters. The molecule has 0 saturated heterocycles. The minimum atomic E-state index is 1.11. The Hall–Kier alpha value is -0.120. The molecule has 0 amide bonds. The molecular formula is C8H13NP2. The molecule has 0 aliphatic rings. The van der Waals surface area contributed by atoms with Gasteiger partial charge in [-0.1, -0.05) is 19.1 Å². The van der Waals surface area contributed by atoms with Gasteiger partial charge in [-0.3, -0.25) is 0 Å². The van der Waals surface area contributed by atoms with E-state index in [9.17, 15) is 0 Å². The topological polar surface area (TPSA) is 3.24 Å². The lowest BCUT2D eigenvalue weighted by Crippen LogP contribution is -1.89. The van der Waals surface area contributed by atoms with Gasteiger partial charge in [-0.05, 0) is 42.9 Å². The van der Waals surface area contributed by atoms with E-state index < -0.39 is 0 Å². The standard InChI is InChI=1S/C8H13NP2/c1-2-7-3-5-8(6-4-7)9(10)11/h3-6H,2,10-11H2,1H3. The molecule has 0 radical (unpaired) electrons. The number of anilines is 1. The second-order valence-corrected chi connectivity index (χ2v) is 4.14. The van der Waals surface area contributed by atoms with Gasteiger partial charge >= 0.3 is 0 Å². The van der Waals surface area contributed by atoms with Crippen molar-refractivity contribution >= 4 is 24.5 Å². The molecule has 3 heteroatoms. The van der Waals surface area contributed by atoms with Crippen molar-refractivity contribution in [2.24, 2.45) is 0 Å². The van der Waals surface area contributed by atoms with Crippen LogP contribution in [0.15, 0.2) is 24.3 Å². The summed E-state index contributed by atoms with van der Waals surface area (Å²) in [5.41, 5.74) is 2.57. The van der Waals surface area contributed by atoms with Crippen LogP contribution in [0, 0.1) is 0 Å². The van der Waals surface area contributed by atoms with Gasteiger partial charge in [0.15, 0.2) is 0 Å². The average molecular weight is 185 g/mol. The molecule has 0 heterocycles. The highest BCUT2D eigenvalue weighted by atomic mass is 31.1. The van der Waals surface area contributed by atoms with Crippen molar-refractivity contribution in [3.05, 3.63) is 29.8 Å². The van der Waals surface area contributed by atoms with Crippen molar-refractivity contribution in [1.82, 2.24) is 0 Å². The van der Waals surface area contributed by atoms with Crippen LogP contribution in [0.5, 0.6) is 0 Å². The minimum Gasteiger partial charge on any atom is -0.341 e. The van der Waals surface area contributed by atoms with Crippen LogP contribution in [0.2, 0.25) is 0 Å². The Bertz CT molecular complexity index is 218. The zero-order valence-corrected chi connectivity index (χ0v) is 8.93. The predicted molar refractivity (Wildman–Crippen MR) is 57.7 cm³/mol. The molecule has 0 fully saturated rings. The normalized spacial score (nSPS) is 9.73. The predicted octanol–water partition coefficient (Wildman–Crippen LogP) is 2.64. The maximum absolute atomic E-state index is 2.60. The second kappa shape index (κ2) is 4.04. The number of nitrogens with zero attached hydrogens (tertiary/aromatic N) is 1. The Labute approximate surface area is 72.7 Å².